The molecule has 0 aromatic rings. The highest BCUT2D eigenvalue weighted by Gasteiger charge is 2.41. The van der Waals surface area contributed by atoms with Crippen LogP contribution in [0.1, 0.15) is 47.0 Å². The average Bonchev–Trinajstić information content (AvgIpc) is 3.04. The van der Waals surface area contributed by atoms with Crippen LogP contribution in [0.15, 0.2) is 0 Å². The summed E-state index contributed by atoms with van der Waals surface area (Å²) >= 11 is 0. The molecule has 2 heteroatoms. The van der Waals surface area contributed by atoms with Crippen LogP contribution < -0.4 is 5.32 Å². The summed E-state index contributed by atoms with van der Waals surface area (Å²) in [5, 5.41) is 3.78. The highest BCUT2D eigenvalue weighted by molar-refractivity contribution is 4.99. The van der Waals surface area contributed by atoms with Crippen molar-refractivity contribution in [1.82, 2.24) is 10.2 Å². The van der Waals surface area contributed by atoms with Gasteiger partial charge in [0.1, 0.15) is 0 Å². The quantitative estimate of drug-likeness (QED) is 0.789. The number of nitrogens with one attached hydrogen (secondary N) is 1. The molecule has 0 amide bonds. The third kappa shape index (κ3) is 2.60. The van der Waals surface area contributed by atoms with Crippen molar-refractivity contribution >= 4 is 0 Å². The van der Waals surface area contributed by atoms with E-state index in [9.17, 15) is 0 Å². The summed E-state index contributed by atoms with van der Waals surface area (Å²) in [7, 11) is 0. The standard InChI is InChI=1S/C14H28N2/c1-5-14(4)10-15-13(12-6-7-12)9-16(14)8-11(2)3/h11-13,15H,5-10H2,1-4H3. The molecule has 0 spiro atoms. The molecule has 1 N–H and O–H groups in total. The lowest BCUT2D eigenvalue weighted by Crippen LogP contribution is -2.64. The second-order valence-electron chi connectivity index (χ2n) is 6.47. The van der Waals surface area contributed by atoms with Crippen molar-refractivity contribution in [1.29, 1.82) is 0 Å². The fourth-order valence-corrected chi connectivity index (χ4v) is 2.88. The number of nitrogens with zero attached hydrogens (tertiary/aromatic N) is 1. The van der Waals surface area contributed by atoms with E-state index in [1.807, 2.05) is 0 Å². The maximum Gasteiger partial charge on any atom is 0.0304 e. The highest BCUT2D eigenvalue weighted by Crippen LogP contribution is 2.36. The zero-order valence-electron chi connectivity index (χ0n) is 11.4. The summed E-state index contributed by atoms with van der Waals surface area (Å²) < 4.78 is 0. The van der Waals surface area contributed by atoms with E-state index in [0.717, 1.165) is 17.9 Å². The molecule has 1 aliphatic carbocycles. The van der Waals surface area contributed by atoms with E-state index in [-0.39, 0.29) is 0 Å². The van der Waals surface area contributed by atoms with Crippen LogP contribution in [-0.4, -0.2) is 36.1 Å². The van der Waals surface area contributed by atoms with Gasteiger partial charge >= 0.3 is 0 Å². The number of hydrogen-bond donors (Lipinski definition) is 1. The summed E-state index contributed by atoms with van der Waals surface area (Å²) in [6, 6.07) is 0.776. The predicted molar refractivity (Wildman–Crippen MR) is 69.6 cm³/mol. The summed E-state index contributed by atoms with van der Waals surface area (Å²) in [6.45, 7) is 13.1. The van der Waals surface area contributed by atoms with Crippen LogP contribution in [-0.2, 0) is 0 Å². The number of hydrogen-bond acceptors (Lipinski definition) is 2. The third-order valence-electron chi connectivity index (χ3n) is 4.46. The third-order valence-corrected chi connectivity index (χ3v) is 4.46. The van der Waals surface area contributed by atoms with Crippen LogP contribution >= 0.6 is 0 Å². The SMILES string of the molecule is CCC1(C)CNC(C2CC2)CN1CC(C)C. The molecule has 2 aliphatic rings. The van der Waals surface area contributed by atoms with Crippen molar-refractivity contribution in [2.45, 2.75) is 58.5 Å². The van der Waals surface area contributed by atoms with Gasteiger partial charge in [0.15, 0.2) is 0 Å². The zero-order chi connectivity index (χ0) is 11.8. The van der Waals surface area contributed by atoms with E-state index >= 15 is 0 Å². The summed E-state index contributed by atoms with van der Waals surface area (Å²) in [5.41, 5.74) is 0.385. The Bertz CT molecular complexity index is 235. The number of piperazine rings is 1. The van der Waals surface area contributed by atoms with Crippen LogP contribution in [0.25, 0.3) is 0 Å². The molecular weight excluding hydrogens is 196 g/mol. The molecule has 16 heavy (non-hydrogen) atoms. The van der Waals surface area contributed by atoms with Gasteiger partial charge in [0.2, 0.25) is 0 Å². The fraction of sp³-hybridized carbons (Fsp3) is 1.00. The van der Waals surface area contributed by atoms with E-state index in [2.05, 4.69) is 37.9 Å². The molecule has 0 bridgehead atoms. The molecule has 1 saturated heterocycles. The molecule has 0 aromatic carbocycles. The van der Waals surface area contributed by atoms with Crippen molar-refractivity contribution in [3.63, 3.8) is 0 Å². The summed E-state index contributed by atoms with van der Waals surface area (Å²) in [4.78, 5) is 2.75. The van der Waals surface area contributed by atoms with Crippen LogP contribution in [0, 0.1) is 11.8 Å². The Kier molecular flexibility index (Phi) is 3.60. The van der Waals surface area contributed by atoms with Crippen LogP contribution in [0.3, 0.4) is 0 Å². The van der Waals surface area contributed by atoms with E-state index in [1.54, 1.807) is 0 Å². The monoisotopic (exact) mass is 224 g/mol. The van der Waals surface area contributed by atoms with Gasteiger partial charge in [-0.1, -0.05) is 20.8 Å². The Morgan fingerprint density at radius 2 is 2.06 bits per heavy atom. The molecule has 2 fully saturated rings. The molecule has 1 saturated carbocycles. The minimum Gasteiger partial charge on any atom is -0.311 e. The topological polar surface area (TPSA) is 15.3 Å². The van der Waals surface area contributed by atoms with E-state index in [0.29, 0.717) is 5.54 Å². The van der Waals surface area contributed by atoms with Gasteiger partial charge in [-0.15, -0.1) is 0 Å². The summed E-state index contributed by atoms with van der Waals surface area (Å²) in [6.07, 6.45) is 4.16. The van der Waals surface area contributed by atoms with Crippen LogP contribution in [0.2, 0.25) is 0 Å². The average molecular weight is 224 g/mol. The minimum atomic E-state index is 0.385. The van der Waals surface area contributed by atoms with Gasteiger partial charge in [-0.3, -0.25) is 4.90 Å². The van der Waals surface area contributed by atoms with Crippen molar-refractivity contribution in [3.05, 3.63) is 0 Å². The first-order chi connectivity index (χ1) is 7.55. The summed E-state index contributed by atoms with van der Waals surface area (Å²) in [5.74, 6) is 1.76. The zero-order valence-corrected chi connectivity index (χ0v) is 11.4. The van der Waals surface area contributed by atoms with E-state index in [4.69, 9.17) is 0 Å². The Morgan fingerprint density at radius 3 is 2.56 bits per heavy atom. The first-order valence-corrected chi connectivity index (χ1v) is 7.03. The van der Waals surface area contributed by atoms with Crippen molar-refractivity contribution in [2.24, 2.45) is 11.8 Å². The van der Waals surface area contributed by atoms with Gasteiger partial charge < -0.3 is 5.32 Å². The van der Waals surface area contributed by atoms with Crippen molar-refractivity contribution in [2.75, 3.05) is 19.6 Å². The first-order valence-electron chi connectivity index (χ1n) is 7.03. The molecule has 94 valence electrons. The maximum absolute atomic E-state index is 3.78. The van der Waals surface area contributed by atoms with Crippen LogP contribution in [0.4, 0.5) is 0 Å². The molecule has 2 unspecified atom stereocenters. The highest BCUT2D eigenvalue weighted by atomic mass is 15.3. The molecule has 2 atom stereocenters. The van der Waals surface area contributed by atoms with Gasteiger partial charge in [0.05, 0.1) is 0 Å². The van der Waals surface area contributed by atoms with E-state index in [1.165, 1.54) is 38.9 Å². The molecule has 0 radical (unpaired) electrons. The van der Waals surface area contributed by atoms with Gasteiger partial charge in [0.25, 0.3) is 0 Å². The van der Waals surface area contributed by atoms with E-state index < -0.39 is 0 Å². The largest absolute Gasteiger partial charge is 0.311 e. The van der Waals surface area contributed by atoms with Crippen LogP contribution in [0.5, 0.6) is 0 Å². The normalized spacial score (nSPS) is 36.9. The second-order valence-corrected chi connectivity index (χ2v) is 6.47. The van der Waals surface area contributed by atoms with Gasteiger partial charge in [-0.2, -0.15) is 0 Å². The maximum atomic E-state index is 3.78. The first kappa shape index (κ1) is 12.4. The lowest BCUT2D eigenvalue weighted by Gasteiger charge is -2.49. The predicted octanol–water partition coefficient (Wildman–Crippen LogP) is 2.49. The second kappa shape index (κ2) is 4.66. The van der Waals surface area contributed by atoms with Gasteiger partial charge in [0, 0.05) is 31.2 Å². The Balaban J connectivity index is 1.99. The lowest BCUT2D eigenvalue weighted by molar-refractivity contribution is 0.0343. The lowest BCUT2D eigenvalue weighted by atomic mass is 9.90. The molecule has 1 aliphatic heterocycles. The molecule has 0 aromatic heterocycles. The Labute approximate surface area is 101 Å². The number of rotatable bonds is 4. The Hall–Kier alpha value is -0.0800. The molecular formula is C14H28N2. The molecule has 1 heterocycles. The van der Waals surface area contributed by atoms with Gasteiger partial charge in [-0.05, 0) is 38.0 Å². The molecule has 2 rings (SSSR count). The van der Waals surface area contributed by atoms with Crippen molar-refractivity contribution < 1.29 is 0 Å². The minimum absolute atomic E-state index is 0.385. The van der Waals surface area contributed by atoms with Gasteiger partial charge in [-0.25, -0.2) is 0 Å². The fourth-order valence-electron chi connectivity index (χ4n) is 2.88. The van der Waals surface area contributed by atoms with Crippen molar-refractivity contribution in [3.8, 4) is 0 Å². The Morgan fingerprint density at radius 1 is 1.38 bits per heavy atom. The smallest absolute Gasteiger partial charge is 0.0304 e. The molecule has 2 nitrogen and oxygen atoms in total.